The molecule has 0 saturated carbocycles. The fourth-order valence-corrected chi connectivity index (χ4v) is 8.09. The van der Waals surface area contributed by atoms with Crippen LogP contribution in [-0.2, 0) is 18.4 Å². The van der Waals surface area contributed by atoms with Gasteiger partial charge in [0.1, 0.15) is 19.3 Å². The summed E-state index contributed by atoms with van der Waals surface area (Å²) in [6.07, 6.45) is 49.3. The smallest absolute Gasteiger partial charge is 0.390 e. The number of phosphoric ester groups is 1. The van der Waals surface area contributed by atoms with Crippen LogP contribution in [0.2, 0.25) is 0 Å². The largest absolute Gasteiger partial charge is 0.472 e. The van der Waals surface area contributed by atoms with Crippen molar-refractivity contribution in [1.82, 2.24) is 5.32 Å². The van der Waals surface area contributed by atoms with E-state index in [2.05, 4.69) is 55.6 Å². The predicted octanol–water partition coefficient (Wildman–Crippen LogP) is 13.6. The summed E-state index contributed by atoms with van der Waals surface area (Å²) in [5.41, 5.74) is 0. The van der Waals surface area contributed by atoms with E-state index in [1.54, 1.807) is 0 Å². The molecule has 0 aromatic heterocycles. The SMILES string of the molecule is CCCCCCC/C=C\C/C=C\CCCCCCCCCCCCCCCC(=O)NC(COP(=O)(O)OCC[N+](C)(C)C)C(O)C(O)CCC/C=C/CCCCCCCCC. The fourth-order valence-electron chi connectivity index (χ4n) is 7.35. The van der Waals surface area contributed by atoms with Crippen LogP contribution in [0.5, 0.6) is 0 Å². The number of amides is 1. The fraction of sp³-hybridized carbons (Fsp3) is 0.863. The Morgan fingerprint density at radius 2 is 0.967 bits per heavy atom. The first-order chi connectivity index (χ1) is 29.4. The number of hydrogen-bond donors (Lipinski definition) is 4. The Morgan fingerprint density at radius 1 is 0.574 bits per heavy atom. The maximum absolute atomic E-state index is 13.0. The Bertz CT molecular complexity index is 1110. The van der Waals surface area contributed by atoms with Gasteiger partial charge in [-0.1, -0.05) is 185 Å². The predicted molar refractivity (Wildman–Crippen MR) is 260 cm³/mol. The number of aliphatic hydroxyl groups excluding tert-OH is 2. The highest BCUT2D eigenvalue weighted by Crippen LogP contribution is 2.43. The second-order valence-corrected chi connectivity index (χ2v) is 20.1. The van der Waals surface area contributed by atoms with Gasteiger partial charge in [-0.25, -0.2) is 4.57 Å². The molecule has 4 atom stereocenters. The molecule has 0 aliphatic rings. The first-order valence-corrected chi connectivity index (χ1v) is 26.9. The van der Waals surface area contributed by atoms with E-state index >= 15 is 0 Å². The van der Waals surface area contributed by atoms with Crippen LogP contribution in [0.25, 0.3) is 0 Å². The first-order valence-electron chi connectivity index (χ1n) is 25.4. The zero-order valence-electron chi connectivity index (χ0n) is 40.5. The van der Waals surface area contributed by atoms with Crippen LogP contribution < -0.4 is 5.32 Å². The van der Waals surface area contributed by atoms with Gasteiger partial charge >= 0.3 is 7.82 Å². The van der Waals surface area contributed by atoms with Crippen molar-refractivity contribution >= 4 is 13.7 Å². The molecule has 0 aliphatic carbocycles. The number of allylic oxidation sites excluding steroid dienone is 6. The molecule has 61 heavy (non-hydrogen) atoms. The van der Waals surface area contributed by atoms with Crippen LogP contribution in [0, 0.1) is 0 Å². The van der Waals surface area contributed by atoms with Gasteiger partial charge in [-0.05, 0) is 70.6 Å². The first kappa shape index (κ1) is 59.7. The minimum atomic E-state index is -4.42. The lowest BCUT2D eigenvalue weighted by Crippen LogP contribution is -2.51. The molecule has 0 fully saturated rings. The Labute approximate surface area is 377 Å². The van der Waals surface area contributed by atoms with Crippen molar-refractivity contribution in [3.05, 3.63) is 36.5 Å². The standard InChI is InChI=1S/C51H99N2O7P/c1-6-8-10-12-14-16-18-20-21-22-23-24-25-26-27-28-29-30-31-32-34-36-38-40-42-44-50(55)52-48(47-60-61(57,58)59-46-45-53(3,4)5)51(56)49(54)43-41-39-37-35-33-19-17-15-13-11-9-7-2/h18,20,22-23,35,37,48-49,51,54,56H,6-17,19,21,24-34,36,38-47H2,1-5H3,(H-,52,55,57,58)/p+1/b20-18-,23-22-,37-35+. The lowest BCUT2D eigenvalue weighted by Gasteiger charge is -2.28. The topological polar surface area (TPSA) is 125 Å². The molecule has 4 unspecified atom stereocenters. The van der Waals surface area contributed by atoms with E-state index in [-0.39, 0.29) is 18.9 Å². The van der Waals surface area contributed by atoms with Crippen LogP contribution in [0.15, 0.2) is 36.5 Å². The summed E-state index contributed by atoms with van der Waals surface area (Å²) in [5.74, 6) is -0.269. The summed E-state index contributed by atoms with van der Waals surface area (Å²) in [4.78, 5) is 23.2. The van der Waals surface area contributed by atoms with E-state index < -0.39 is 32.7 Å². The molecule has 0 spiro atoms. The van der Waals surface area contributed by atoms with Crippen molar-refractivity contribution in [2.75, 3.05) is 40.9 Å². The van der Waals surface area contributed by atoms with Gasteiger partial charge in [0.15, 0.2) is 0 Å². The molecule has 10 heteroatoms. The number of carbonyl (C=O) groups excluding carboxylic acids is 1. The maximum Gasteiger partial charge on any atom is 0.472 e. The van der Waals surface area contributed by atoms with E-state index in [0.717, 1.165) is 38.5 Å². The molecule has 1 amide bonds. The quantitative estimate of drug-likeness (QED) is 0.0208. The molecule has 0 radical (unpaired) electrons. The minimum Gasteiger partial charge on any atom is -0.390 e. The highest BCUT2D eigenvalue weighted by Gasteiger charge is 2.31. The zero-order chi connectivity index (χ0) is 45.1. The van der Waals surface area contributed by atoms with Crippen molar-refractivity contribution in [1.29, 1.82) is 0 Å². The second-order valence-electron chi connectivity index (χ2n) is 18.7. The third-order valence-electron chi connectivity index (χ3n) is 11.5. The number of hydrogen-bond acceptors (Lipinski definition) is 6. The molecule has 0 heterocycles. The lowest BCUT2D eigenvalue weighted by molar-refractivity contribution is -0.870. The number of phosphoric acid groups is 1. The van der Waals surface area contributed by atoms with Gasteiger partial charge in [0.2, 0.25) is 5.91 Å². The summed E-state index contributed by atoms with van der Waals surface area (Å²) in [7, 11) is 1.42. The third-order valence-corrected chi connectivity index (χ3v) is 12.4. The molecular weight excluding hydrogens is 784 g/mol. The molecule has 4 N–H and O–H groups in total. The monoisotopic (exact) mass is 884 g/mol. The van der Waals surface area contributed by atoms with E-state index in [1.807, 2.05) is 21.1 Å². The molecular formula is C51H100N2O7P+. The minimum absolute atomic E-state index is 0.0164. The zero-order valence-corrected chi connectivity index (χ0v) is 41.4. The number of carbonyl (C=O) groups is 1. The third kappa shape index (κ3) is 43.7. The molecule has 0 saturated heterocycles. The van der Waals surface area contributed by atoms with Gasteiger partial charge < -0.3 is 24.9 Å². The summed E-state index contributed by atoms with van der Waals surface area (Å²) in [6, 6.07) is -1.05. The van der Waals surface area contributed by atoms with Crippen molar-refractivity contribution < 1.29 is 38.0 Å². The van der Waals surface area contributed by atoms with Crippen LogP contribution >= 0.6 is 7.82 Å². The summed E-state index contributed by atoms with van der Waals surface area (Å²) < 4.78 is 23.5. The number of quaternary nitrogens is 1. The Kier molecular flexibility index (Phi) is 41.7. The van der Waals surface area contributed by atoms with Gasteiger partial charge in [0.05, 0.1) is 39.9 Å². The maximum atomic E-state index is 13.0. The van der Waals surface area contributed by atoms with Crippen LogP contribution in [0.1, 0.15) is 226 Å². The lowest BCUT2D eigenvalue weighted by atomic mass is 10.0. The summed E-state index contributed by atoms with van der Waals surface area (Å²) in [6.45, 7) is 4.57. The molecule has 0 aliphatic heterocycles. The Hall–Kier alpha value is -1.32. The molecule has 0 bridgehead atoms. The van der Waals surface area contributed by atoms with E-state index in [4.69, 9.17) is 9.05 Å². The number of nitrogens with zero attached hydrogens (tertiary/aromatic N) is 1. The van der Waals surface area contributed by atoms with Crippen molar-refractivity contribution in [2.24, 2.45) is 0 Å². The van der Waals surface area contributed by atoms with Gasteiger partial charge in [-0.15, -0.1) is 0 Å². The van der Waals surface area contributed by atoms with Crippen molar-refractivity contribution in [3.8, 4) is 0 Å². The Balaban J connectivity index is 4.30. The van der Waals surface area contributed by atoms with E-state index in [9.17, 15) is 24.5 Å². The highest BCUT2D eigenvalue weighted by atomic mass is 31.2. The van der Waals surface area contributed by atoms with Gasteiger partial charge in [-0.2, -0.15) is 0 Å². The van der Waals surface area contributed by atoms with Crippen molar-refractivity contribution in [2.45, 2.75) is 244 Å². The molecule has 0 rings (SSSR count). The average molecular weight is 884 g/mol. The highest BCUT2D eigenvalue weighted by molar-refractivity contribution is 7.47. The number of rotatable bonds is 46. The van der Waals surface area contributed by atoms with E-state index in [1.165, 1.54) is 154 Å². The number of nitrogens with one attached hydrogen (secondary N) is 1. The Morgan fingerprint density at radius 3 is 1.41 bits per heavy atom. The summed E-state index contributed by atoms with van der Waals surface area (Å²) >= 11 is 0. The molecule has 360 valence electrons. The number of likely N-dealkylation sites (N-methyl/N-ethyl adjacent to an activating group) is 1. The normalized spacial score (nSPS) is 15.0. The van der Waals surface area contributed by atoms with Gasteiger partial charge in [0, 0.05) is 6.42 Å². The van der Waals surface area contributed by atoms with Crippen LogP contribution in [0.3, 0.4) is 0 Å². The van der Waals surface area contributed by atoms with Crippen LogP contribution in [0.4, 0.5) is 0 Å². The van der Waals surface area contributed by atoms with Gasteiger partial charge in [0.25, 0.3) is 0 Å². The van der Waals surface area contributed by atoms with E-state index in [0.29, 0.717) is 23.9 Å². The molecule has 0 aromatic rings. The number of aliphatic hydroxyl groups is 2. The van der Waals surface area contributed by atoms with Crippen molar-refractivity contribution in [3.63, 3.8) is 0 Å². The number of unbranched alkanes of at least 4 members (excludes halogenated alkanes) is 26. The summed E-state index contributed by atoms with van der Waals surface area (Å²) in [5, 5.41) is 24.7. The molecule has 0 aromatic carbocycles. The van der Waals surface area contributed by atoms with Gasteiger partial charge in [-0.3, -0.25) is 13.8 Å². The second kappa shape index (κ2) is 42.6. The average Bonchev–Trinajstić information content (AvgIpc) is 3.21. The molecule has 9 nitrogen and oxygen atoms in total. The van der Waals surface area contributed by atoms with Crippen LogP contribution in [-0.4, -0.2) is 84.6 Å².